The Morgan fingerprint density at radius 2 is 1.94 bits per heavy atom. The first-order chi connectivity index (χ1) is 8.53. The number of amides is 2. The third-order valence-electron chi connectivity index (χ3n) is 1.92. The predicted octanol–water partition coefficient (Wildman–Crippen LogP) is 0.812. The van der Waals surface area contributed by atoms with Crippen LogP contribution in [0.5, 0.6) is 0 Å². The van der Waals surface area contributed by atoms with E-state index in [9.17, 15) is 13.2 Å². The number of carbonyl (C=O) groups excluding carboxylic acids is 1. The van der Waals surface area contributed by atoms with Crippen LogP contribution >= 0.6 is 11.3 Å². The number of sulfonamides is 1. The summed E-state index contributed by atoms with van der Waals surface area (Å²) >= 11 is 0.977. The molecule has 0 fully saturated rings. The highest BCUT2D eigenvalue weighted by Gasteiger charge is 2.32. The van der Waals surface area contributed by atoms with Gasteiger partial charge in [0.25, 0.3) is 10.0 Å². The number of urea groups is 1. The van der Waals surface area contributed by atoms with Gasteiger partial charge in [-0.3, -0.25) is 0 Å². The van der Waals surface area contributed by atoms with Gasteiger partial charge in [-0.05, 0) is 17.5 Å². The SMILES string of the molecule is NC(=O)N(c1ncccn1)S(=O)(=O)c1cccs1. The van der Waals surface area contributed by atoms with Crippen molar-refractivity contribution in [1.82, 2.24) is 9.97 Å². The molecule has 2 aromatic rings. The molecule has 0 radical (unpaired) electrons. The van der Waals surface area contributed by atoms with Gasteiger partial charge in [-0.2, -0.15) is 8.42 Å². The Kier molecular flexibility index (Phi) is 3.26. The average molecular weight is 284 g/mol. The van der Waals surface area contributed by atoms with E-state index in [-0.39, 0.29) is 10.2 Å². The van der Waals surface area contributed by atoms with Gasteiger partial charge in [0.1, 0.15) is 4.21 Å². The van der Waals surface area contributed by atoms with E-state index in [1.807, 2.05) is 0 Å². The van der Waals surface area contributed by atoms with E-state index in [2.05, 4.69) is 9.97 Å². The van der Waals surface area contributed by atoms with Crippen molar-refractivity contribution >= 4 is 33.3 Å². The Balaban J connectivity index is 2.54. The summed E-state index contributed by atoms with van der Waals surface area (Å²) in [6, 6.07) is 3.27. The van der Waals surface area contributed by atoms with Crippen LogP contribution < -0.4 is 10.0 Å². The van der Waals surface area contributed by atoms with Crippen LogP contribution in [0.4, 0.5) is 10.7 Å². The normalized spacial score (nSPS) is 11.1. The van der Waals surface area contributed by atoms with Gasteiger partial charge < -0.3 is 5.73 Å². The zero-order valence-electron chi connectivity index (χ0n) is 8.92. The molecule has 0 aliphatic carbocycles. The Bertz CT molecular complexity index is 640. The van der Waals surface area contributed by atoms with Crippen LogP contribution in [0.25, 0.3) is 0 Å². The van der Waals surface area contributed by atoms with Crippen LogP contribution in [0.2, 0.25) is 0 Å². The quantitative estimate of drug-likeness (QED) is 0.897. The number of hydrogen-bond donors (Lipinski definition) is 1. The molecule has 0 aromatic carbocycles. The van der Waals surface area contributed by atoms with E-state index in [1.165, 1.54) is 24.5 Å². The minimum atomic E-state index is -4.06. The van der Waals surface area contributed by atoms with Crippen molar-refractivity contribution in [3.63, 3.8) is 0 Å². The van der Waals surface area contributed by atoms with Gasteiger partial charge in [-0.1, -0.05) is 6.07 Å². The topological polar surface area (TPSA) is 106 Å². The van der Waals surface area contributed by atoms with Gasteiger partial charge in [0.05, 0.1) is 0 Å². The molecule has 0 saturated carbocycles. The maximum absolute atomic E-state index is 12.2. The first-order valence-corrected chi connectivity index (χ1v) is 7.01. The molecule has 2 aromatic heterocycles. The third-order valence-corrected chi connectivity index (χ3v) is 4.97. The Labute approximate surface area is 107 Å². The van der Waals surface area contributed by atoms with E-state index < -0.39 is 16.1 Å². The van der Waals surface area contributed by atoms with Gasteiger partial charge in [0.2, 0.25) is 5.95 Å². The van der Waals surface area contributed by atoms with Crippen LogP contribution in [0.1, 0.15) is 0 Å². The summed E-state index contributed by atoms with van der Waals surface area (Å²) < 4.78 is 24.7. The number of nitrogens with zero attached hydrogens (tertiary/aromatic N) is 3. The van der Waals surface area contributed by atoms with Crippen molar-refractivity contribution in [2.45, 2.75) is 4.21 Å². The lowest BCUT2D eigenvalue weighted by atomic mass is 10.7. The third kappa shape index (κ3) is 2.17. The number of nitrogens with two attached hydrogens (primary N) is 1. The molecule has 94 valence electrons. The fourth-order valence-corrected chi connectivity index (χ4v) is 3.52. The van der Waals surface area contributed by atoms with E-state index >= 15 is 0 Å². The zero-order valence-corrected chi connectivity index (χ0v) is 10.6. The molecule has 2 N–H and O–H groups in total. The number of carbonyl (C=O) groups is 1. The van der Waals surface area contributed by atoms with Gasteiger partial charge in [-0.15, -0.1) is 15.6 Å². The van der Waals surface area contributed by atoms with Gasteiger partial charge in [-0.25, -0.2) is 14.8 Å². The van der Waals surface area contributed by atoms with Gasteiger partial charge in [0.15, 0.2) is 0 Å². The molecule has 0 aliphatic heterocycles. The minimum Gasteiger partial charge on any atom is -0.350 e. The Morgan fingerprint density at radius 3 is 2.44 bits per heavy atom. The highest BCUT2D eigenvalue weighted by molar-refractivity contribution is 7.95. The molecule has 0 saturated heterocycles. The number of thiophene rings is 1. The number of anilines is 1. The molecule has 0 bridgehead atoms. The monoisotopic (exact) mass is 284 g/mol. The van der Waals surface area contributed by atoms with E-state index in [0.717, 1.165) is 11.3 Å². The van der Waals surface area contributed by atoms with E-state index in [1.54, 1.807) is 11.4 Å². The second-order valence-corrected chi connectivity index (χ2v) is 6.05. The van der Waals surface area contributed by atoms with Crippen LogP contribution in [-0.4, -0.2) is 24.4 Å². The minimum absolute atomic E-state index is 0.00578. The highest BCUT2D eigenvalue weighted by Crippen LogP contribution is 2.23. The molecular formula is C9H8N4O3S2. The summed E-state index contributed by atoms with van der Waals surface area (Å²) in [6.07, 6.45) is 2.64. The van der Waals surface area contributed by atoms with Crippen molar-refractivity contribution in [2.75, 3.05) is 4.31 Å². The number of aromatic nitrogens is 2. The Hall–Kier alpha value is -2.00. The lowest BCUT2D eigenvalue weighted by Gasteiger charge is -2.16. The molecule has 2 amide bonds. The number of primary amides is 1. The fourth-order valence-electron chi connectivity index (χ4n) is 1.22. The highest BCUT2D eigenvalue weighted by atomic mass is 32.2. The number of hydrogen-bond acceptors (Lipinski definition) is 6. The molecule has 0 aliphatic rings. The molecule has 9 heteroatoms. The molecule has 2 rings (SSSR count). The largest absolute Gasteiger partial charge is 0.350 e. The maximum atomic E-state index is 12.2. The summed E-state index contributed by atoms with van der Waals surface area (Å²) in [5, 5.41) is 1.58. The van der Waals surface area contributed by atoms with E-state index in [0.29, 0.717) is 4.31 Å². The van der Waals surface area contributed by atoms with Crippen LogP contribution in [0.15, 0.2) is 40.2 Å². The average Bonchev–Trinajstić information content (AvgIpc) is 2.83. The summed E-state index contributed by atoms with van der Waals surface area (Å²) in [7, 11) is -4.06. The summed E-state index contributed by atoms with van der Waals surface area (Å²) in [5.74, 6) is -0.279. The summed E-state index contributed by atoms with van der Waals surface area (Å²) in [4.78, 5) is 18.8. The molecule has 0 unspecified atom stereocenters. The van der Waals surface area contributed by atoms with Crippen molar-refractivity contribution in [3.8, 4) is 0 Å². The molecule has 18 heavy (non-hydrogen) atoms. The van der Waals surface area contributed by atoms with Crippen LogP contribution in [0, 0.1) is 0 Å². The van der Waals surface area contributed by atoms with Gasteiger partial charge >= 0.3 is 6.03 Å². The maximum Gasteiger partial charge on any atom is 0.336 e. The van der Waals surface area contributed by atoms with Crippen molar-refractivity contribution in [2.24, 2.45) is 5.73 Å². The molecule has 0 atom stereocenters. The molecule has 7 nitrogen and oxygen atoms in total. The predicted molar refractivity (Wildman–Crippen MR) is 65.6 cm³/mol. The standard InChI is InChI=1S/C9H8N4O3S2/c10-8(14)13(9-11-4-2-5-12-9)18(15,16)7-3-1-6-17-7/h1-6H,(H2,10,14). The van der Waals surface area contributed by atoms with Gasteiger partial charge in [0, 0.05) is 12.4 Å². The van der Waals surface area contributed by atoms with Crippen LogP contribution in [-0.2, 0) is 10.0 Å². The molecular weight excluding hydrogens is 276 g/mol. The fraction of sp³-hybridized carbons (Fsp3) is 0. The van der Waals surface area contributed by atoms with Crippen molar-refractivity contribution < 1.29 is 13.2 Å². The van der Waals surface area contributed by atoms with E-state index in [4.69, 9.17) is 5.73 Å². The van der Waals surface area contributed by atoms with Crippen LogP contribution in [0.3, 0.4) is 0 Å². The second kappa shape index (κ2) is 4.70. The Morgan fingerprint density at radius 1 is 1.28 bits per heavy atom. The number of rotatable bonds is 3. The summed E-state index contributed by atoms with van der Waals surface area (Å²) in [5.41, 5.74) is 5.09. The molecule has 2 heterocycles. The zero-order chi connectivity index (χ0) is 13.2. The summed E-state index contributed by atoms with van der Waals surface area (Å²) in [6.45, 7) is 0. The van der Waals surface area contributed by atoms with Crippen molar-refractivity contribution in [3.05, 3.63) is 36.0 Å². The first-order valence-electron chi connectivity index (χ1n) is 4.69. The first kappa shape index (κ1) is 12.5. The second-order valence-electron chi connectivity index (χ2n) is 3.09. The molecule has 0 spiro atoms. The lowest BCUT2D eigenvalue weighted by Crippen LogP contribution is -2.41. The van der Waals surface area contributed by atoms with Crippen molar-refractivity contribution in [1.29, 1.82) is 0 Å². The smallest absolute Gasteiger partial charge is 0.336 e. The lowest BCUT2D eigenvalue weighted by molar-refractivity contribution is 0.256.